The van der Waals surface area contributed by atoms with Gasteiger partial charge in [-0.1, -0.05) is 38.0 Å². The second kappa shape index (κ2) is 9.86. The molecule has 2 aliphatic heterocycles. The van der Waals surface area contributed by atoms with Crippen molar-refractivity contribution in [2.24, 2.45) is 0 Å². The number of likely N-dealkylation sites (N-methyl/N-ethyl adjacent to an activating group) is 1. The lowest BCUT2D eigenvalue weighted by molar-refractivity contribution is 0.00578. The maximum Gasteiger partial charge on any atom is 0.496 e. The molecular formula is C26H37BN2O2S2. The van der Waals surface area contributed by atoms with Crippen molar-refractivity contribution in [3.05, 3.63) is 42.5 Å². The molecule has 4 rings (SSSR count). The number of hydrogen-bond acceptors (Lipinski definition) is 6. The van der Waals surface area contributed by atoms with Crippen LogP contribution in [0.3, 0.4) is 0 Å². The van der Waals surface area contributed by atoms with Crippen molar-refractivity contribution >= 4 is 47.7 Å². The van der Waals surface area contributed by atoms with Gasteiger partial charge in [0.15, 0.2) is 0 Å². The topological polar surface area (TPSA) is 24.9 Å². The Morgan fingerprint density at radius 3 is 2.36 bits per heavy atom. The number of para-hydroxylation sites is 1. The monoisotopic (exact) mass is 484 g/mol. The predicted octanol–water partition coefficient (Wildman–Crippen LogP) is 6.36. The van der Waals surface area contributed by atoms with Crippen LogP contribution in [0.1, 0.15) is 53.9 Å². The van der Waals surface area contributed by atoms with Gasteiger partial charge in [-0.25, -0.2) is 4.31 Å². The SMILES string of the molecule is CCCCC1CN(c2ccccc2)c2cc(SC)c(B3OC(C)(C)C(C)(C)O3)cc2SN1C. The van der Waals surface area contributed by atoms with E-state index in [4.69, 9.17) is 9.31 Å². The van der Waals surface area contributed by atoms with E-state index in [1.165, 1.54) is 40.4 Å². The largest absolute Gasteiger partial charge is 0.496 e. The molecular weight excluding hydrogens is 447 g/mol. The Morgan fingerprint density at radius 2 is 1.76 bits per heavy atom. The number of anilines is 2. The van der Waals surface area contributed by atoms with E-state index >= 15 is 0 Å². The van der Waals surface area contributed by atoms with E-state index in [0.29, 0.717) is 6.04 Å². The Hall–Kier alpha value is -1.12. The lowest BCUT2D eigenvalue weighted by atomic mass is 9.79. The van der Waals surface area contributed by atoms with E-state index in [1.807, 2.05) is 11.9 Å². The van der Waals surface area contributed by atoms with Gasteiger partial charge in [0.25, 0.3) is 0 Å². The lowest BCUT2D eigenvalue weighted by Crippen LogP contribution is -2.41. The van der Waals surface area contributed by atoms with Crippen LogP contribution in [0, 0.1) is 0 Å². The van der Waals surface area contributed by atoms with E-state index < -0.39 is 0 Å². The standard InChI is InChI=1S/C26H37BN2O2S2/c1-8-9-13-20-18-29(19-14-11-10-12-15-19)22-17-23(32-7)21(16-24(22)33-28(20)6)27-30-25(2,3)26(4,5)31-27/h10-12,14-17,20H,8-9,13,18H2,1-7H3. The fraction of sp³-hybridized carbons (Fsp3) is 0.538. The van der Waals surface area contributed by atoms with Crippen LogP contribution < -0.4 is 10.4 Å². The van der Waals surface area contributed by atoms with Crippen LogP contribution in [0.25, 0.3) is 0 Å². The van der Waals surface area contributed by atoms with Crippen LogP contribution in [0.15, 0.2) is 52.3 Å². The molecule has 4 nitrogen and oxygen atoms in total. The third kappa shape index (κ3) is 4.99. The van der Waals surface area contributed by atoms with Gasteiger partial charge in [-0.15, -0.1) is 11.8 Å². The molecule has 0 bridgehead atoms. The fourth-order valence-electron chi connectivity index (χ4n) is 4.40. The predicted molar refractivity (Wildman–Crippen MR) is 144 cm³/mol. The van der Waals surface area contributed by atoms with E-state index in [2.05, 4.69) is 99.6 Å². The van der Waals surface area contributed by atoms with Crippen molar-refractivity contribution in [1.29, 1.82) is 0 Å². The van der Waals surface area contributed by atoms with Crippen LogP contribution in [0.5, 0.6) is 0 Å². The van der Waals surface area contributed by atoms with Gasteiger partial charge in [0, 0.05) is 28.1 Å². The third-order valence-electron chi connectivity index (χ3n) is 7.22. The Labute approximate surface area is 209 Å². The summed E-state index contributed by atoms with van der Waals surface area (Å²) in [7, 11) is 1.87. The van der Waals surface area contributed by atoms with Crippen LogP contribution >= 0.6 is 23.7 Å². The molecule has 0 amide bonds. The summed E-state index contributed by atoms with van der Waals surface area (Å²) in [6.07, 6.45) is 5.79. The molecule has 7 heteroatoms. The minimum absolute atomic E-state index is 0.356. The summed E-state index contributed by atoms with van der Waals surface area (Å²) in [5.41, 5.74) is 2.92. The molecule has 0 spiro atoms. The first-order valence-corrected chi connectivity index (χ1v) is 14.0. The van der Waals surface area contributed by atoms with Crippen molar-refractivity contribution in [2.45, 2.75) is 80.9 Å². The number of thioether (sulfide) groups is 1. The van der Waals surface area contributed by atoms with Crippen molar-refractivity contribution in [3.63, 3.8) is 0 Å². The number of nitrogens with zero attached hydrogens (tertiary/aromatic N) is 2. The lowest BCUT2D eigenvalue weighted by Gasteiger charge is -2.32. The normalized spacial score (nSPS) is 22.3. The zero-order chi connectivity index (χ0) is 23.8. The first kappa shape index (κ1) is 25.0. The van der Waals surface area contributed by atoms with Crippen LogP contribution in [0.4, 0.5) is 11.4 Å². The summed E-state index contributed by atoms with van der Waals surface area (Å²) in [5, 5.41) is 0. The average Bonchev–Trinajstić information content (AvgIpc) is 2.92. The maximum atomic E-state index is 6.46. The summed E-state index contributed by atoms with van der Waals surface area (Å²) in [4.78, 5) is 4.96. The van der Waals surface area contributed by atoms with Gasteiger partial charge >= 0.3 is 7.12 Å². The van der Waals surface area contributed by atoms with Gasteiger partial charge in [0.1, 0.15) is 0 Å². The number of fused-ring (bicyclic) bond motifs is 1. The molecule has 178 valence electrons. The number of benzene rings is 2. The van der Waals surface area contributed by atoms with E-state index in [1.54, 1.807) is 11.8 Å². The molecule has 1 atom stereocenters. The Bertz CT molecular complexity index is 954. The molecule has 0 N–H and O–H groups in total. The minimum Gasteiger partial charge on any atom is -0.399 e. The molecule has 2 aromatic carbocycles. The second-order valence-corrected chi connectivity index (χ2v) is 12.1. The molecule has 1 saturated heterocycles. The zero-order valence-electron chi connectivity index (χ0n) is 21.1. The number of hydrogen-bond donors (Lipinski definition) is 0. The highest BCUT2D eigenvalue weighted by Crippen LogP contribution is 2.43. The molecule has 0 aliphatic carbocycles. The summed E-state index contributed by atoms with van der Waals surface area (Å²) < 4.78 is 15.4. The highest BCUT2D eigenvalue weighted by Gasteiger charge is 2.52. The summed E-state index contributed by atoms with van der Waals surface area (Å²) in [5.74, 6) is 0. The minimum atomic E-state index is -0.363. The Balaban J connectivity index is 1.79. The first-order valence-electron chi connectivity index (χ1n) is 12.0. The van der Waals surface area contributed by atoms with Crippen molar-refractivity contribution in [1.82, 2.24) is 4.31 Å². The van der Waals surface area contributed by atoms with Crippen LogP contribution in [-0.2, 0) is 9.31 Å². The molecule has 2 aromatic rings. The van der Waals surface area contributed by atoms with E-state index in [9.17, 15) is 0 Å². The van der Waals surface area contributed by atoms with E-state index in [0.717, 1.165) is 12.0 Å². The molecule has 2 aliphatic rings. The number of rotatable bonds is 6. The van der Waals surface area contributed by atoms with Crippen molar-refractivity contribution in [3.8, 4) is 0 Å². The van der Waals surface area contributed by atoms with Crippen LogP contribution in [0.2, 0.25) is 0 Å². The first-order chi connectivity index (χ1) is 15.7. The third-order valence-corrected chi connectivity index (χ3v) is 9.12. The fourth-order valence-corrected chi connectivity index (χ4v) is 6.09. The summed E-state index contributed by atoms with van der Waals surface area (Å²) >= 11 is 3.62. The number of unbranched alkanes of at least 4 members (excludes halogenated alkanes) is 1. The molecule has 0 aromatic heterocycles. The van der Waals surface area contributed by atoms with E-state index in [-0.39, 0.29) is 18.3 Å². The van der Waals surface area contributed by atoms with Crippen molar-refractivity contribution in [2.75, 3.05) is 24.7 Å². The van der Waals surface area contributed by atoms with Gasteiger partial charge in [0.05, 0.1) is 16.9 Å². The molecule has 0 saturated carbocycles. The Kier molecular flexibility index (Phi) is 7.47. The Morgan fingerprint density at radius 1 is 1.09 bits per heavy atom. The van der Waals surface area contributed by atoms with Gasteiger partial charge in [-0.05, 0) is 89.1 Å². The highest BCUT2D eigenvalue weighted by atomic mass is 32.2. The highest BCUT2D eigenvalue weighted by molar-refractivity contribution is 7.99. The molecule has 2 heterocycles. The maximum absolute atomic E-state index is 6.46. The van der Waals surface area contributed by atoms with Crippen LogP contribution in [-0.4, -0.2) is 48.5 Å². The second-order valence-electron chi connectivity index (χ2n) is 10.0. The molecule has 0 radical (unpaired) electrons. The summed E-state index contributed by atoms with van der Waals surface area (Å²) in [6, 6.07) is 15.9. The molecule has 1 fully saturated rings. The van der Waals surface area contributed by atoms with Gasteiger partial charge < -0.3 is 14.2 Å². The molecule has 1 unspecified atom stereocenters. The van der Waals surface area contributed by atoms with Crippen molar-refractivity contribution < 1.29 is 9.31 Å². The average molecular weight is 485 g/mol. The van der Waals surface area contributed by atoms with Gasteiger partial charge in [0.2, 0.25) is 0 Å². The zero-order valence-corrected chi connectivity index (χ0v) is 22.7. The summed E-state index contributed by atoms with van der Waals surface area (Å²) in [6.45, 7) is 11.7. The quantitative estimate of drug-likeness (QED) is 0.269. The smallest absolute Gasteiger partial charge is 0.399 e. The molecule has 33 heavy (non-hydrogen) atoms. The van der Waals surface area contributed by atoms with Gasteiger partial charge in [-0.2, -0.15) is 0 Å². The van der Waals surface area contributed by atoms with Gasteiger partial charge in [-0.3, -0.25) is 0 Å².